The molecule has 0 aromatic heterocycles. The van der Waals surface area contributed by atoms with Gasteiger partial charge >= 0.3 is 0 Å². The van der Waals surface area contributed by atoms with Crippen LogP contribution in [0.1, 0.15) is 29.3 Å². The van der Waals surface area contributed by atoms with Crippen molar-refractivity contribution in [3.8, 4) is 5.75 Å². The lowest BCUT2D eigenvalue weighted by molar-refractivity contribution is 0.0955. The normalized spacial score (nSPS) is 11.0. The van der Waals surface area contributed by atoms with Crippen molar-refractivity contribution in [1.29, 1.82) is 0 Å². The van der Waals surface area contributed by atoms with Gasteiger partial charge < -0.3 is 4.74 Å². The fourth-order valence-corrected chi connectivity index (χ4v) is 1.90. The Morgan fingerprint density at radius 2 is 1.71 bits per heavy atom. The first kappa shape index (κ1) is 14.8. The van der Waals surface area contributed by atoms with E-state index in [1.165, 1.54) is 0 Å². The Kier molecular flexibility index (Phi) is 5.10. The summed E-state index contributed by atoms with van der Waals surface area (Å²) in [6, 6.07) is 16.6. The molecule has 0 bridgehead atoms. The van der Waals surface area contributed by atoms with Crippen LogP contribution in [0.5, 0.6) is 5.75 Å². The molecule has 0 saturated heterocycles. The van der Waals surface area contributed by atoms with Crippen molar-refractivity contribution in [2.45, 2.75) is 13.3 Å². The predicted molar refractivity (Wildman–Crippen MR) is 83.7 cm³/mol. The second-order valence-electron chi connectivity index (χ2n) is 4.45. The number of rotatable bonds is 5. The second-order valence-corrected chi connectivity index (χ2v) is 4.45. The van der Waals surface area contributed by atoms with Crippen LogP contribution in [0.2, 0.25) is 0 Å². The van der Waals surface area contributed by atoms with Gasteiger partial charge in [-0.1, -0.05) is 25.1 Å². The summed E-state index contributed by atoms with van der Waals surface area (Å²) >= 11 is 0. The number of carbonyl (C=O) groups excluding carboxylic acids is 1. The molecule has 0 aliphatic carbocycles. The third kappa shape index (κ3) is 3.92. The van der Waals surface area contributed by atoms with E-state index >= 15 is 0 Å². The maximum atomic E-state index is 12.0. The highest BCUT2D eigenvalue weighted by atomic mass is 16.5. The Hall–Kier alpha value is -2.62. The molecule has 0 radical (unpaired) electrons. The van der Waals surface area contributed by atoms with Gasteiger partial charge in [-0.25, -0.2) is 5.43 Å². The van der Waals surface area contributed by atoms with Gasteiger partial charge in [0.15, 0.2) is 0 Å². The van der Waals surface area contributed by atoms with Gasteiger partial charge in [0.05, 0.1) is 12.8 Å². The number of nitrogens with zero attached hydrogens (tertiary/aromatic N) is 1. The molecular formula is C17H18N2O2. The number of carbonyl (C=O) groups is 1. The van der Waals surface area contributed by atoms with Gasteiger partial charge in [-0.05, 0) is 48.4 Å². The Morgan fingerprint density at radius 3 is 2.29 bits per heavy atom. The molecule has 21 heavy (non-hydrogen) atoms. The number of hydrogen-bond acceptors (Lipinski definition) is 3. The van der Waals surface area contributed by atoms with Crippen LogP contribution < -0.4 is 10.2 Å². The summed E-state index contributed by atoms with van der Waals surface area (Å²) in [7, 11) is 1.63. The molecule has 2 rings (SSSR count). The largest absolute Gasteiger partial charge is 0.497 e. The zero-order valence-electron chi connectivity index (χ0n) is 12.2. The first-order valence-electron chi connectivity index (χ1n) is 6.81. The highest BCUT2D eigenvalue weighted by Gasteiger charge is 2.05. The van der Waals surface area contributed by atoms with Crippen molar-refractivity contribution < 1.29 is 9.53 Å². The number of nitrogens with one attached hydrogen (secondary N) is 1. The lowest BCUT2D eigenvalue weighted by Gasteiger charge is -2.06. The zero-order chi connectivity index (χ0) is 15.1. The molecule has 4 nitrogen and oxygen atoms in total. The number of hydrazone groups is 1. The molecule has 2 aromatic rings. The van der Waals surface area contributed by atoms with Gasteiger partial charge in [0.1, 0.15) is 5.75 Å². The van der Waals surface area contributed by atoms with E-state index < -0.39 is 0 Å². The molecular weight excluding hydrogens is 264 g/mol. The summed E-state index contributed by atoms with van der Waals surface area (Å²) in [6.07, 6.45) is 0.724. The van der Waals surface area contributed by atoms with E-state index in [1.807, 2.05) is 49.4 Å². The summed E-state index contributed by atoms with van der Waals surface area (Å²) in [4.78, 5) is 12.0. The minimum absolute atomic E-state index is 0.213. The van der Waals surface area contributed by atoms with Crippen molar-refractivity contribution in [3.63, 3.8) is 0 Å². The van der Waals surface area contributed by atoms with Crippen molar-refractivity contribution in [2.75, 3.05) is 7.11 Å². The number of hydrogen-bond donors (Lipinski definition) is 1. The Bertz CT molecular complexity index is 619. The Morgan fingerprint density at radius 1 is 1.05 bits per heavy atom. The minimum Gasteiger partial charge on any atom is -0.497 e. The number of amides is 1. The summed E-state index contributed by atoms with van der Waals surface area (Å²) in [5, 5.41) is 4.22. The first-order valence-corrected chi connectivity index (χ1v) is 6.81. The maximum absolute atomic E-state index is 12.0. The third-order valence-corrected chi connectivity index (χ3v) is 3.09. The summed E-state index contributed by atoms with van der Waals surface area (Å²) < 4.78 is 5.13. The molecule has 1 N–H and O–H groups in total. The van der Waals surface area contributed by atoms with E-state index in [1.54, 1.807) is 19.2 Å². The summed E-state index contributed by atoms with van der Waals surface area (Å²) in [6.45, 7) is 2.00. The molecule has 0 aliphatic heterocycles. The molecule has 2 aromatic carbocycles. The van der Waals surface area contributed by atoms with Crippen LogP contribution in [0.15, 0.2) is 59.7 Å². The van der Waals surface area contributed by atoms with E-state index in [-0.39, 0.29) is 5.91 Å². The van der Waals surface area contributed by atoms with E-state index in [4.69, 9.17) is 4.74 Å². The van der Waals surface area contributed by atoms with Crippen LogP contribution in [0.3, 0.4) is 0 Å². The van der Waals surface area contributed by atoms with E-state index in [0.717, 1.165) is 23.4 Å². The van der Waals surface area contributed by atoms with E-state index in [9.17, 15) is 4.79 Å². The van der Waals surface area contributed by atoms with E-state index in [2.05, 4.69) is 10.5 Å². The highest BCUT2D eigenvalue weighted by molar-refractivity contribution is 6.02. The second kappa shape index (κ2) is 7.24. The minimum atomic E-state index is -0.213. The molecule has 1 amide bonds. The fourth-order valence-electron chi connectivity index (χ4n) is 1.90. The first-order chi connectivity index (χ1) is 10.2. The SMILES string of the molecule is CC/C(=N\NC(=O)c1ccccc1)c1ccc(OC)cc1. The third-order valence-electron chi connectivity index (χ3n) is 3.09. The van der Waals surface area contributed by atoms with Crippen LogP contribution >= 0.6 is 0 Å². The topological polar surface area (TPSA) is 50.7 Å². The number of ether oxygens (including phenoxy) is 1. The molecule has 0 spiro atoms. The average molecular weight is 282 g/mol. The molecule has 4 heteroatoms. The smallest absolute Gasteiger partial charge is 0.271 e. The van der Waals surface area contributed by atoms with Crippen molar-refractivity contribution >= 4 is 11.6 Å². The summed E-state index contributed by atoms with van der Waals surface area (Å²) in [5.41, 5.74) is 4.97. The van der Waals surface area contributed by atoms with Gasteiger partial charge in [-0.15, -0.1) is 0 Å². The van der Waals surface area contributed by atoms with Crippen molar-refractivity contribution in [2.24, 2.45) is 5.10 Å². The van der Waals surface area contributed by atoms with Gasteiger partial charge in [0.25, 0.3) is 5.91 Å². The van der Waals surface area contributed by atoms with Crippen LogP contribution in [0.25, 0.3) is 0 Å². The van der Waals surface area contributed by atoms with Crippen LogP contribution in [0, 0.1) is 0 Å². The predicted octanol–water partition coefficient (Wildman–Crippen LogP) is 3.24. The van der Waals surface area contributed by atoms with Crippen LogP contribution in [-0.2, 0) is 0 Å². The van der Waals surface area contributed by atoms with Crippen molar-refractivity contribution in [1.82, 2.24) is 5.43 Å². The zero-order valence-corrected chi connectivity index (χ0v) is 12.2. The number of methoxy groups -OCH3 is 1. The fraction of sp³-hybridized carbons (Fsp3) is 0.176. The Labute approximate surface area is 124 Å². The number of benzene rings is 2. The van der Waals surface area contributed by atoms with Gasteiger partial charge in [0.2, 0.25) is 0 Å². The average Bonchev–Trinajstić information content (AvgIpc) is 2.56. The quantitative estimate of drug-likeness (QED) is 0.676. The Balaban J connectivity index is 2.11. The monoisotopic (exact) mass is 282 g/mol. The molecule has 0 heterocycles. The molecule has 0 fully saturated rings. The molecule has 0 atom stereocenters. The molecule has 0 saturated carbocycles. The molecule has 0 aliphatic rings. The van der Waals surface area contributed by atoms with E-state index in [0.29, 0.717) is 5.56 Å². The van der Waals surface area contributed by atoms with Crippen molar-refractivity contribution in [3.05, 3.63) is 65.7 Å². The molecule has 0 unspecified atom stereocenters. The standard InChI is InChI=1S/C17H18N2O2/c1-3-16(13-9-11-15(21-2)12-10-13)18-19-17(20)14-7-5-4-6-8-14/h4-12H,3H2,1-2H3,(H,19,20)/b18-16+. The lowest BCUT2D eigenvalue weighted by atomic mass is 10.1. The lowest BCUT2D eigenvalue weighted by Crippen LogP contribution is -2.19. The van der Waals surface area contributed by atoms with Gasteiger partial charge in [-0.3, -0.25) is 4.79 Å². The van der Waals surface area contributed by atoms with Gasteiger partial charge in [-0.2, -0.15) is 5.10 Å². The van der Waals surface area contributed by atoms with Crippen LogP contribution in [-0.4, -0.2) is 18.7 Å². The highest BCUT2D eigenvalue weighted by Crippen LogP contribution is 2.13. The van der Waals surface area contributed by atoms with Gasteiger partial charge in [0, 0.05) is 5.56 Å². The maximum Gasteiger partial charge on any atom is 0.271 e. The summed E-state index contributed by atoms with van der Waals surface area (Å²) in [5.74, 6) is 0.581. The molecule has 108 valence electrons. The van der Waals surface area contributed by atoms with Crippen LogP contribution in [0.4, 0.5) is 0 Å².